The average molecular weight is 148 g/mol. The first-order valence-electron chi connectivity index (χ1n) is 2.94. The molecule has 1 aromatic heterocycles. The Bertz CT molecular complexity index is 226. The van der Waals surface area contributed by atoms with Gasteiger partial charge in [-0.3, -0.25) is 9.97 Å². The molecule has 0 aromatic carbocycles. The third-order valence-electron chi connectivity index (χ3n) is 1.14. The van der Waals surface area contributed by atoms with E-state index >= 15 is 0 Å². The fourth-order valence-corrected chi connectivity index (χ4v) is 0.674. The zero-order chi connectivity index (χ0) is 7.40. The minimum Gasteiger partial charge on any atom is -0.253 e. The van der Waals surface area contributed by atoms with Gasteiger partial charge in [0.2, 0.25) is 0 Å². The average Bonchev–Trinajstić information content (AvgIpc) is 2.04. The predicted molar refractivity (Wildman–Crippen MR) is 48.9 cm³/mol. The van der Waals surface area contributed by atoms with E-state index in [1.165, 1.54) is 0 Å². The quantitative estimate of drug-likeness (QED) is 0.643. The molecule has 0 saturated heterocycles. The van der Waals surface area contributed by atoms with Gasteiger partial charge in [-0.05, 0) is 12.2 Å². The van der Waals surface area contributed by atoms with Gasteiger partial charge in [0.05, 0.1) is 11.4 Å². The molecule has 0 unspecified atom stereocenters. The van der Waals surface area contributed by atoms with Crippen molar-refractivity contribution in [2.75, 3.05) is 0 Å². The molecule has 0 bridgehead atoms. The van der Waals surface area contributed by atoms with Gasteiger partial charge in [-0.15, -0.1) is 0 Å². The van der Waals surface area contributed by atoms with Crippen LogP contribution < -0.4 is 0 Å². The first kappa shape index (κ1) is 9.56. The van der Waals surface area contributed by atoms with E-state index in [1.807, 2.05) is 0 Å². The van der Waals surface area contributed by atoms with Crippen LogP contribution in [-0.2, 0) is 0 Å². The summed E-state index contributed by atoms with van der Waals surface area (Å²) in [4.78, 5) is 8.03. The predicted octanol–water partition coefficient (Wildman–Crippen LogP) is 2.40. The SMILES string of the molecule is C.C=Cc1nccnc1C=C. The van der Waals surface area contributed by atoms with Crippen LogP contribution in [0.1, 0.15) is 18.8 Å². The molecule has 0 aliphatic rings. The molecule has 0 amide bonds. The number of rotatable bonds is 2. The molecule has 58 valence electrons. The fraction of sp³-hybridized carbons (Fsp3) is 0.111. The van der Waals surface area contributed by atoms with Gasteiger partial charge in [-0.1, -0.05) is 20.6 Å². The Labute approximate surface area is 67.3 Å². The van der Waals surface area contributed by atoms with Gasteiger partial charge in [-0.2, -0.15) is 0 Å². The molecule has 0 atom stereocenters. The van der Waals surface area contributed by atoms with Crippen LogP contribution in [0.15, 0.2) is 25.6 Å². The van der Waals surface area contributed by atoms with Crippen LogP contribution in [0.3, 0.4) is 0 Å². The molecule has 0 radical (unpaired) electrons. The minimum atomic E-state index is 0. The van der Waals surface area contributed by atoms with Crippen molar-refractivity contribution in [1.82, 2.24) is 9.97 Å². The van der Waals surface area contributed by atoms with E-state index in [0.29, 0.717) is 0 Å². The Hall–Kier alpha value is -1.44. The fourth-order valence-electron chi connectivity index (χ4n) is 0.674. The van der Waals surface area contributed by atoms with Crippen molar-refractivity contribution in [3.05, 3.63) is 36.9 Å². The van der Waals surface area contributed by atoms with Crippen LogP contribution in [0.5, 0.6) is 0 Å². The van der Waals surface area contributed by atoms with E-state index in [0.717, 1.165) is 11.4 Å². The van der Waals surface area contributed by atoms with Crippen molar-refractivity contribution in [3.8, 4) is 0 Å². The lowest BCUT2D eigenvalue weighted by molar-refractivity contribution is 1.16. The maximum absolute atomic E-state index is 4.02. The summed E-state index contributed by atoms with van der Waals surface area (Å²) in [6.45, 7) is 7.18. The van der Waals surface area contributed by atoms with Gasteiger partial charge >= 0.3 is 0 Å². The van der Waals surface area contributed by atoms with Crippen LogP contribution in [-0.4, -0.2) is 9.97 Å². The maximum Gasteiger partial charge on any atom is 0.0880 e. The summed E-state index contributed by atoms with van der Waals surface area (Å²) in [6.07, 6.45) is 6.57. The van der Waals surface area contributed by atoms with Crippen LogP contribution in [0.2, 0.25) is 0 Å². The highest BCUT2D eigenvalue weighted by atomic mass is 14.8. The van der Waals surface area contributed by atoms with Crippen molar-refractivity contribution in [3.63, 3.8) is 0 Å². The van der Waals surface area contributed by atoms with Gasteiger partial charge in [0.1, 0.15) is 0 Å². The molecule has 0 aliphatic heterocycles. The van der Waals surface area contributed by atoms with Gasteiger partial charge in [0.15, 0.2) is 0 Å². The summed E-state index contributed by atoms with van der Waals surface area (Å²) in [6, 6.07) is 0. The molecule has 1 aromatic rings. The Morgan fingerprint density at radius 1 is 1.00 bits per heavy atom. The number of aromatic nitrogens is 2. The molecule has 1 rings (SSSR count). The molecule has 2 heteroatoms. The largest absolute Gasteiger partial charge is 0.253 e. The second-order valence-electron chi connectivity index (χ2n) is 1.74. The summed E-state index contributed by atoms with van der Waals surface area (Å²) in [5, 5.41) is 0. The van der Waals surface area contributed by atoms with E-state index in [9.17, 15) is 0 Å². The summed E-state index contributed by atoms with van der Waals surface area (Å²) < 4.78 is 0. The van der Waals surface area contributed by atoms with Crippen LogP contribution in [0, 0.1) is 0 Å². The lowest BCUT2D eigenvalue weighted by atomic mass is 10.3. The normalized spacial score (nSPS) is 8.00. The summed E-state index contributed by atoms with van der Waals surface area (Å²) in [7, 11) is 0. The molecule has 0 N–H and O–H groups in total. The Morgan fingerprint density at radius 2 is 1.36 bits per heavy atom. The second kappa shape index (κ2) is 4.39. The van der Waals surface area contributed by atoms with Crippen molar-refractivity contribution in [2.45, 2.75) is 7.43 Å². The molecule has 0 spiro atoms. The van der Waals surface area contributed by atoms with E-state index in [2.05, 4.69) is 23.1 Å². The third-order valence-corrected chi connectivity index (χ3v) is 1.14. The highest BCUT2D eigenvalue weighted by molar-refractivity contribution is 5.56. The molecule has 0 saturated carbocycles. The first-order chi connectivity index (χ1) is 4.88. The lowest BCUT2D eigenvalue weighted by Gasteiger charge is -1.94. The Balaban J connectivity index is 0.000001000. The van der Waals surface area contributed by atoms with Crippen molar-refractivity contribution in [1.29, 1.82) is 0 Å². The van der Waals surface area contributed by atoms with E-state index in [1.54, 1.807) is 24.5 Å². The zero-order valence-electron chi connectivity index (χ0n) is 5.62. The third kappa shape index (κ3) is 2.00. The number of hydrogen-bond donors (Lipinski definition) is 0. The molecule has 2 nitrogen and oxygen atoms in total. The number of nitrogens with zero attached hydrogens (tertiary/aromatic N) is 2. The minimum absolute atomic E-state index is 0. The first-order valence-corrected chi connectivity index (χ1v) is 2.94. The van der Waals surface area contributed by atoms with Gasteiger partial charge in [0.25, 0.3) is 0 Å². The van der Waals surface area contributed by atoms with Gasteiger partial charge in [-0.25, -0.2) is 0 Å². The molecular weight excluding hydrogens is 136 g/mol. The molecule has 1 heterocycles. The summed E-state index contributed by atoms with van der Waals surface area (Å²) in [5.41, 5.74) is 1.55. The zero-order valence-corrected chi connectivity index (χ0v) is 5.62. The van der Waals surface area contributed by atoms with Gasteiger partial charge < -0.3 is 0 Å². The molecule has 0 aliphatic carbocycles. The van der Waals surface area contributed by atoms with Crippen LogP contribution in [0.25, 0.3) is 12.2 Å². The van der Waals surface area contributed by atoms with Gasteiger partial charge in [0, 0.05) is 12.4 Å². The molecule has 0 fully saturated rings. The Morgan fingerprint density at radius 3 is 1.64 bits per heavy atom. The Kier molecular flexibility index (Phi) is 3.81. The second-order valence-corrected chi connectivity index (χ2v) is 1.74. The highest BCUT2D eigenvalue weighted by Crippen LogP contribution is 2.02. The van der Waals surface area contributed by atoms with Crippen LogP contribution in [0.4, 0.5) is 0 Å². The lowest BCUT2D eigenvalue weighted by Crippen LogP contribution is -1.87. The van der Waals surface area contributed by atoms with E-state index in [4.69, 9.17) is 0 Å². The van der Waals surface area contributed by atoms with Crippen molar-refractivity contribution in [2.24, 2.45) is 0 Å². The summed E-state index contributed by atoms with van der Waals surface area (Å²) in [5.74, 6) is 0. The van der Waals surface area contributed by atoms with Crippen LogP contribution >= 0.6 is 0 Å². The maximum atomic E-state index is 4.02. The topological polar surface area (TPSA) is 25.8 Å². The summed E-state index contributed by atoms with van der Waals surface area (Å²) >= 11 is 0. The monoisotopic (exact) mass is 148 g/mol. The highest BCUT2D eigenvalue weighted by Gasteiger charge is 1.93. The smallest absolute Gasteiger partial charge is 0.0880 e. The molecular formula is C9H12N2. The number of hydrogen-bond acceptors (Lipinski definition) is 2. The van der Waals surface area contributed by atoms with E-state index in [-0.39, 0.29) is 7.43 Å². The van der Waals surface area contributed by atoms with Crippen molar-refractivity contribution < 1.29 is 0 Å². The standard InChI is InChI=1S/C8H8N2.CH4/c1-3-7-8(4-2)10-6-5-9-7;/h3-6H,1-2H2;1H4. The van der Waals surface area contributed by atoms with Crippen molar-refractivity contribution >= 4 is 12.2 Å². The molecule has 11 heavy (non-hydrogen) atoms. The van der Waals surface area contributed by atoms with E-state index < -0.39 is 0 Å².